The van der Waals surface area contributed by atoms with Crippen LogP contribution in [0.15, 0.2) is 143 Å². The summed E-state index contributed by atoms with van der Waals surface area (Å²) in [6, 6.07) is 43.4. The molecule has 1 aromatic heterocycles. The second-order valence-corrected chi connectivity index (χ2v) is 11.6. The third kappa shape index (κ3) is 6.91. The van der Waals surface area contributed by atoms with Crippen molar-refractivity contribution in [1.82, 2.24) is 9.99 Å². The van der Waals surface area contributed by atoms with Gasteiger partial charge in [0.1, 0.15) is 6.61 Å². The largest absolute Gasteiger partial charge is 0.493 e. The highest BCUT2D eigenvalue weighted by Gasteiger charge is 2.15. The lowest BCUT2D eigenvalue weighted by Gasteiger charge is -2.15. The Morgan fingerprint density at radius 1 is 0.826 bits per heavy atom. The fraction of sp³-hybridized carbons (Fsp3) is 0.0526. The minimum atomic E-state index is -0.326. The Kier molecular flexibility index (Phi) is 9.62. The molecular formula is C38H29BrClN3O3. The summed E-state index contributed by atoms with van der Waals surface area (Å²) in [6.07, 6.45) is 1.55. The molecule has 0 aliphatic rings. The maximum Gasteiger partial charge on any atom is 0.271 e. The Morgan fingerprint density at radius 3 is 2.04 bits per heavy atom. The molecule has 6 nitrogen and oxygen atoms in total. The fourth-order valence-electron chi connectivity index (χ4n) is 5.09. The molecule has 0 fully saturated rings. The van der Waals surface area contributed by atoms with Crippen LogP contribution in [0.3, 0.4) is 0 Å². The number of halogens is 2. The number of benzene rings is 5. The van der Waals surface area contributed by atoms with Crippen LogP contribution >= 0.6 is 27.5 Å². The van der Waals surface area contributed by atoms with E-state index < -0.39 is 0 Å². The van der Waals surface area contributed by atoms with E-state index in [0.717, 1.165) is 33.8 Å². The SMILES string of the molecule is COc1cc(/C=N\NC(=O)c2ccc(-n3c(-c4ccccc4)ccc3-c3ccccc3)cc2)cc(Br)c1OCc1ccccc1Cl. The molecule has 8 heteroatoms. The third-order valence-electron chi connectivity index (χ3n) is 7.37. The molecule has 0 aliphatic carbocycles. The van der Waals surface area contributed by atoms with E-state index in [1.54, 1.807) is 31.5 Å². The fourth-order valence-corrected chi connectivity index (χ4v) is 5.86. The van der Waals surface area contributed by atoms with Gasteiger partial charge in [0.15, 0.2) is 11.5 Å². The Hall–Kier alpha value is -5.11. The summed E-state index contributed by atoms with van der Waals surface area (Å²) in [5.74, 6) is 0.726. The predicted molar refractivity (Wildman–Crippen MR) is 188 cm³/mol. The molecule has 0 spiro atoms. The zero-order valence-electron chi connectivity index (χ0n) is 24.9. The molecule has 0 bridgehead atoms. The van der Waals surface area contributed by atoms with Crippen LogP contribution in [0.25, 0.3) is 28.2 Å². The predicted octanol–water partition coefficient (Wildman–Crippen LogP) is 9.58. The second-order valence-electron chi connectivity index (χ2n) is 10.3. The average Bonchev–Trinajstić information content (AvgIpc) is 3.54. The van der Waals surface area contributed by atoms with Gasteiger partial charge in [-0.05, 0) is 87.2 Å². The molecule has 1 amide bonds. The Morgan fingerprint density at radius 2 is 1.43 bits per heavy atom. The molecule has 0 saturated heterocycles. The van der Waals surface area contributed by atoms with Crippen LogP contribution in [-0.2, 0) is 6.61 Å². The first-order chi connectivity index (χ1) is 22.5. The van der Waals surface area contributed by atoms with Gasteiger partial charge in [0, 0.05) is 21.8 Å². The number of nitrogens with one attached hydrogen (secondary N) is 1. The van der Waals surface area contributed by atoms with Gasteiger partial charge in [-0.15, -0.1) is 0 Å². The van der Waals surface area contributed by atoms with E-state index in [1.807, 2.05) is 78.9 Å². The highest BCUT2D eigenvalue weighted by molar-refractivity contribution is 9.10. The van der Waals surface area contributed by atoms with Gasteiger partial charge in [0.05, 0.1) is 29.2 Å². The van der Waals surface area contributed by atoms with E-state index in [2.05, 4.69) is 67.4 Å². The molecular weight excluding hydrogens is 662 g/mol. The number of ether oxygens (including phenoxy) is 2. The van der Waals surface area contributed by atoms with Crippen LogP contribution in [0.2, 0.25) is 5.02 Å². The topological polar surface area (TPSA) is 64.8 Å². The number of rotatable bonds is 10. The Bertz CT molecular complexity index is 1940. The lowest BCUT2D eigenvalue weighted by atomic mass is 10.1. The zero-order valence-corrected chi connectivity index (χ0v) is 27.2. The number of hydrogen-bond donors (Lipinski definition) is 1. The van der Waals surface area contributed by atoms with Gasteiger partial charge in [-0.1, -0.05) is 90.5 Å². The number of carbonyl (C=O) groups is 1. The summed E-state index contributed by atoms with van der Waals surface area (Å²) in [4.78, 5) is 13.0. The summed E-state index contributed by atoms with van der Waals surface area (Å²) < 4.78 is 14.5. The number of methoxy groups -OCH3 is 1. The minimum Gasteiger partial charge on any atom is -0.493 e. The van der Waals surface area contributed by atoms with Gasteiger partial charge in [-0.3, -0.25) is 4.79 Å². The molecule has 0 aliphatic heterocycles. The van der Waals surface area contributed by atoms with Crippen LogP contribution in [0.4, 0.5) is 0 Å². The summed E-state index contributed by atoms with van der Waals surface area (Å²) in [5.41, 5.74) is 9.94. The van der Waals surface area contributed by atoms with E-state index in [4.69, 9.17) is 21.1 Å². The molecule has 228 valence electrons. The standard InChI is InChI=1S/C38H29BrClN3O3/c1-45-36-23-26(22-32(39)37(36)46-25-30-14-8-9-15-33(30)40)24-41-42-38(44)29-16-18-31(19-17-29)43-34(27-10-4-2-5-11-27)20-21-35(43)28-12-6-3-7-13-28/h2-24H,25H2,1H3,(H,42,44)/b41-24-. The van der Waals surface area contributed by atoms with Crippen LogP contribution in [0.1, 0.15) is 21.5 Å². The van der Waals surface area contributed by atoms with E-state index in [-0.39, 0.29) is 12.5 Å². The third-order valence-corrected chi connectivity index (χ3v) is 8.33. The van der Waals surface area contributed by atoms with Gasteiger partial charge in [-0.25, -0.2) is 5.43 Å². The number of amides is 1. The molecule has 5 aromatic carbocycles. The molecule has 0 atom stereocenters. The summed E-state index contributed by atoms with van der Waals surface area (Å²) in [7, 11) is 1.57. The average molecular weight is 691 g/mol. The number of hydrogen-bond acceptors (Lipinski definition) is 4. The maximum absolute atomic E-state index is 13.0. The van der Waals surface area contributed by atoms with E-state index in [0.29, 0.717) is 32.1 Å². The number of hydrazone groups is 1. The van der Waals surface area contributed by atoms with E-state index in [1.165, 1.54) is 0 Å². The quantitative estimate of drug-likeness (QED) is 0.115. The van der Waals surface area contributed by atoms with Gasteiger partial charge >= 0.3 is 0 Å². The van der Waals surface area contributed by atoms with Crippen molar-refractivity contribution in [1.29, 1.82) is 0 Å². The molecule has 0 radical (unpaired) electrons. The van der Waals surface area contributed by atoms with Crippen molar-refractivity contribution in [3.8, 4) is 39.7 Å². The lowest BCUT2D eigenvalue weighted by molar-refractivity contribution is 0.0955. The van der Waals surface area contributed by atoms with Crippen molar-refractivity contribution in [3.05, 3.63) is 160 Å². The number of nitrogens with zero attached hydrogens (tertiary/aromatic N) is 2. The molecule has 0 saturated carbocycles. The van der Waals surface area contributed by atoms with Crippen LogP contribution in [-0.4, -0.2) is 23.8 Å². The van der Waals surface area contributed by atoms with Gasteiger partial charge in [0.25, 0.3) is 5.91 Å². The maximum atomic E-state index is 13.0. The summed E-state index contributed by atoms with van der Waals surface area (Å²) >= 11 is 9.83. The van der Waals surface area contributed by atoms with Crippen molar-refractivity contribution < 1.29 is 14.3 Å². The first kappa shape index (κ1) is 30.9. The molecule has 46 heavy (non-hydrogen) atoms. The normalized spacial score (nSPS) is 11.0. The van der Waals surface area contributed by atoms with E-state index >= 15 is 0 Å². The molecule has 0 unspecified atom stereocenters. The van der Waals surface area contributed by atoms with Gasteiger partial charge in [-0.2, -0.15) is 5.10 Å². The Labute approximate surface area is 281 Å². The first-order valence-corrected chi connectivity index (χ1v) is 15.7. The van der Waals surface area contributed by atoms with Crippen molar-refractivity contribution in [2.75, 3.05) is 7.11 Å². The van der Waals surface area contributed by atoms with Crippen molar-refractivity contribution >= 4 is 39.7 Å². The molecule has 1 heterocycles. The highest BCUT2D eigenvalue weighted by atomic mass is 79.9. The van der Waals surface area contributed by atoms with Crippen LogP contribution in [0, 0.1) is 0 Å². The molecule has 6 aromatic rings. The van der Waals surface area contributed by atoms with E-state index in [9.17, 15) is 4.79 Å². The minimum absolute atomic E-state index is 0.280. The number of aromatic nitrogens is 1. The lowest BCUT2D eigenvalue weighted by Crippen LogP contribution is -2.17. The van der Waals surface area contributed by atoms with Gasteiger partial charge < -0.3 is 14.0 Å². The van der Waals surface area contributed by atoms with Gasteiger partial charge in [0.2, 0.25) is 0 Å². The Balaban J connectivity index is 1.17. The van der Waals surface area contributed by atoms with Crippen molar-refractivity contribution in [3.63, 3.8) is 0 Å². The van der Waals surface area contributed by atoms with Crippen molar-refractivity contribution in [2.45, 2.75) is 6.61 Å². The summed E-state index contributed by atoms with van der Waals surface area (Å²) in [5, 5.41) is 4.81. The smallest absolute Gasteiger partial charge is 0.271 e. The van der Waals surface area contributed by atoms with Crippen LogP contribution < -0.4 is 14.9 Å². The van der Waals surface area contributed by atoms with Crippen molar-refractivity contribution in [2.24, 2.45) is 5.10 Å². The zero-order chi connectivity index (χ0) is 31.9. The van der Waals surface area contributed by atoms with Crippen LogP contribution in [0.5, 0.6) is 11.5 Å². The first-order valence-electron chi connectivity index (χ1n) is 14.5. The summed E-state index contributed by atoms with van der Waals surface area (Å²) in [6.45, 7) is 0.280. The number of carbonyl (C=O) groups excluding carboxylic acids is 1. The monoisotopic (exact) mass is 689 g/mol. The second kappa shape index (κ2) is 14.3. The molecule has 6 rings (SSSR count). The highest BCUT2D eigenvalue weighted by Crippen LogP contribution is 2.37. The molecule has 1 N–H and O–H groups in total.